The average molecular weight is 351 g/mol. The number of amides is 1. The van der Waals surface area contributed by atoms with Crippen molar-refractivity contribution in [2.24, 2.45) is 0 Å². The van der Waals surface area contributed by atoms with E-state index in [1.165, 1.54) is 18.4 Å². The van der Waals surface area contributed by atoms with Crippen molar-refractivity contribution in [2.45, 2.75) is 38.1 Å². The van der Waals surface area contributed by atoms with Gasteiger partial charge in [-0.2, -0.15) is 0 Å². The highest BCUT2D eigenvalue weighted by Gasteiger charge is 2.20. The van der Waals surface area contributed by atoms with E-state index in [1.54, 1.807) is 24.3 Å². The standard InChI is InChI=1S/C17H25N3O3S/c1-5-7-10-18-17(21)16-12-13-11-14(24(22,23)19(3)4)8-9-15(13)20(16)6-2/h8-9,11-12H,5-7,10H2,1-4H3,(H,18,21). The molecule has 0 fully saturated rings. The van der Waals surface area contributed by atoms with Crippen molar-refractivity contribution in [3.05, 3.63) is 30.0 Å². The summed E-state index contributed by atoms with van der Waals surface area (Å²) in [5.41, 5.74) is 1.42. The fraction of sp³-hybridized carbons (Fsp3) is 0.471. The van der Waals surface area contributed by atoms with E-state index in [1.807, 2.05) is 11.5 Å². The molecule has 0 saturated heterocycles. The van der Waals surface area contributed by atoms with Gasteiger partial charge in [-0.25, -0.2) is 12.7 Å². The largest absolute Gasteiger partial charge is 0.351 e. The summed E-state index contributed by atoms with van der Waals surface area (Å²) in [5.74, 6) is -0.126. The number of carbonyl (C=O) groups excluding carboxylic acids is 1. The van der Waals surface area contributed by atoms with E-state index >= 15 is 0 Å². The zero-order chi connectivity index (χ0) is 17.9. The molecule has 1 amide bonds. The molecular formula is C17H25N3O3S. The zero-order valence-electron chi connectivity index (χ0n) is 14.7. The van der Waals surface area contributed by atoms with Gasteiger partial charge in [0.25, 0.3) is 5.91 Å². The van der Waals surface area contributed by atoms with E-state index in [4.69, 9.17) is 0 Å². The molecule has 1 N–H and O–H groups in total. The number of unbranched alkanes of at least 4 members (excludes halogenated alkanes) is 1. The Hall–Kier alpha value is -1.86. The van der Waals surface area contributed by atoms with Crippen LogP contribution in [-0.2, 0) is 16.6 Å². The molecule has 132 valence electrons. The van der Waals surface area contributed by atoms with Crippen LogP contribution in [0.3, 0.4) is 0 Å². The van der Waals surface area contributed by atoms with Crippen LogP contribution in [0, 0.1) is 0 Å². The molecule has 7 heteroatoms. The first-order valence-corrected chi connectivity index (χ1v) is 9.61. The SMILES string of the molecule is CCCCNC(=O)c1cc2cc(S(=O)(=O)N(C)C)ccc2n1CC. The maximum atomic E-state index is 12.4. The number of fused-ring (bicyclic) bond motifs is 1. The van der Waals surface area contributed by atoms with Gasteiger partial charge in [0.1, 0.15) is 5.69 Å². The quantitative estimate of drug-likeness (QED) is 0.779. The summed E-state index contributed by atoms with van der Waals surface area (Å²) >= 11 is 0. The second-order valence-electron chi connectivity index (χ2n) is 5.89. The summed E-state index contributed by atoms with van der Waals surface area (Å²) in [5, 5.41) is 3.66. The molecule has 24 heavy (non-hydrogen) atoms. The summed E-state index contributed by atoms with van der Waals surface area (Å²) in [6.45, 7) is 5.31. The Labute approximate surface area is 143 Å². The maximum Gasteiger partial charge on any atom is 0.267 e. The van der Waals surface area contributed by atoms with E-state index < -0.39 is 10.0 Å². The maximum absolute atomic E-state index is 12.4. The minimum absolute atomic E-state index is 0.126. The molecule has 2 rings (SSSR count). The monoisotopic (exact) mass is 351 g/mol. The van der Waals surface area contributed by atoms with E-state index in [9.17, 15) is 13.2 Å². The fourth-order valence-electron chi connectivity index (χ4n) is 2.62. The molecule has 0 aliphatic heterocycles. The number of hydrogen-bond acceptors (Lipinski definition) is 3. The fourth-order valence-corrected chi connectivity index (χ4v) is 3.56. The van der Waals surface area contributed by atoms with Gasteiger partial charge in [0, 0.05) is 38.1 Å². The van der Waals surface area contributed by atoms with E-state index in [-0.39, 0.29) is 10.8 Å². The first-order valence-electron chi connectivity index (χ1n) is 8.17. The number of sulfonamides is 1. The van der Waals surface area contributed by atoms with Crippen LogP contribution < -0.4 is 5.32 Å². The highest BCUT2D eigenvalue weighted by molar-refractivity contribution is 7.89. The van der Waals surface area contributed by atoms with Crippen molar-refractivity contribution in [3.8, 4) is 0 Å². The third kappa shape index (κ3) is 3.47. The Kier molecular flexibility index (Phi) is 5.66. The molecule has 0 spiro atoms. The van der Waals surface area contributed by atoms with Gasteiger partial charge in [-0.05, 0) is 37.6 Å². The van der Waals surface area contributed by atoms with Crippen molar-refractivity contribution in [1.82, 2.24) is 14.2 Å². The Morgan fingerprint density at radius 3 is 2.50 bits per heavy atom. The van der Waals surface area contributed by atoms with Crippen molar-refractivity contribution in [3.63, 3.8) is 0 Å². The highest BCUT2D eigenvalue weighted by atomic mass is 32.2. The molecule has 0 unspecified atom stereocenters. The average Bonchev–Trinajstić information content (AvgIpc) is 2.92. The highest BCUT2D eigenvalue weighted by Crippen LogP contribution is 2.24. The Bertz CT molecular complexity index is 838. The number of nitrogens with one attached hydrogen (secondary N) is 1. The van der Waals surface area contributed by atoms with Crippen molar-refractivity contribution in [1.29, 1.82) is 0 Å². The van der Waals surface area contributed by atoms with Gasteiger partial charge in [0.05, 0.1) is 4.90 Å². The van der Waals surface area contributed by atoms with Crippen LogP contribution in [0.4, 0.5) is 0 Å². The van der Waals surface area contributed by atoms with Crippen molar-refractivity contribution in [2.75, 3.05) is 20.6 Å². The lowest BCUT2D eigenvalue weighted by Crippen LogP contribution is -2.26. The Balaban J connectivity index is 2.46. The van der Waals surface area contributed by atoms with E-state index in [0.29, 0.717) is 18.8 Å². The van der Waals surface area contributed by atoms with Crippen molar-refractivity contribution >= 4 is 26.8 Å². The van der Waals surface area contributed by atoms with Crippen LogP contribution >= 0.6 is 0 Å². The topological polar surface area (TPSA) is 71.4 Å². The van der Waals surface area contributed by atoms with Crippen LogP contribution in [0.2, 0.25) is 0 Å². The predicted molar refractivity (Wildman–Crippen MR) is 95.7 cm³/mol. The van der Waals surface area contributed by atoms with Gasteiger partial charge in [0.15, 0.2) is 0 Å². The molecule has 0 bridgehead atoms. The smallest absolute Gasteiger partial charge is 0.267 e. The minimum atomic E-state index is -3.49. The van der Waals surface area contributed by atoms with Crippen LogP contribution in [0.15, 0.2) is 29.2 Å². The Morgan fingerprint density at radius 1 is 1.21 bits per heavy atom. The van der Waals surface area contributed by atoms with Gasteiger partial charge in [-0.15, -0.1) is 0 Å². The molecule has 0 aliphatic rings. The van der Waals surface area contributed by atoms with E-state index in [2.05, 4.69) is 12.2 Å². The molecule has 0 aliphatic carbocycles. The third-order valence-corrected chi connectivity index (χ3v) is 5.83. The number of rotatable bonds is 7. The summed E-state index contributed by atoms with van der Waals surface area (Å²) in [7, 11) is -0.486. The van der Waals surface area contributed by atoms with Crippen molar-refractivity contribution < 1.29 is 13.2 Å². The predicted octanol–water partition coefficient (Wildman–Crippen LogP) is 2.44. The summed E-state index contributed by atoms with van der Waals surface area (Å²) in [4.78, 5) is 12.6. The number of carbonyl (C=O) groups is 1. The minimum Gasteiger partial charge on any atom is -0.351 e. The van der Waals surface area contributed by atoms with Gasteiger partial charge in [0.2, 0.25) is 10.0 Å². The normalized spacial score (nSPS) is 12.0. The number of aromatic nitrogens is 1. The molecule has 1 aromatic carbocycles. The van der Waals surface area contributed by atoms with Crippen LogP contribution in [-0.4, -0.2) is 43.8 Å². The molecule has 2 aromatic rings. The summed E-state index contributed by atoms with van der Waals surface area (Å²) in [6.07, 6.45) is 1.95. The van der Waals surface area contributed by atoms with Crippen LogP contribution in [0.5, 0.6) is 0 Å². The van der Waals surface area contributed by atoms with Gasteiger partial charge < -0.3 is 9.88 Å². The van der Waals surface area contributed by atoms with Crippen LogP contribution in [0.1, 0.15) is 37.2 Å². The Morgan fingerprint density at radius 2 is 1.92 bits per heavy atom. The summed E-state index contributed by atoms with van der Waals surface area (Å²) < 4.78 is 27.7. The molecular weight excluding hydrogens is 326 g/mol. The number of aryl methyl sites for hydroxylation is 1. The number of hydrogen-bond donors (Lipinski definition) is 1. The first kappa shape index (κ1) is 18.5. The van der Waals surface area contributed by atoms with Gasteiger partial charge in [-0.1, -0.05) is 13.3 Å². The van der Waals surface area contributed by atoms with Gasteiger partial charge in [-0.3, -0.25) is 4.79 Å². The molecule has 1 heterocycles. The summed E-state index contributed by atoms with van der Waals surface area (Å²) in [6, 6.07) is 6.73. The molecule has 6 nitrogen and oxygen atoms in total. The van der Waals surface area contributed by atoms with Crippen LogP contribution in [0.25, 0.3) is 10.9 Å². The lowest BCUT2D eigenvalue weighted by molar-refractivity contribution is 0.0944. The zero-order valence-corrected chi connectivity index (χ0v) is 15.5. The second-order valence-corrected chi connectivity index (χ2v) is 8.04. The molecule has 0 radical (unpaired) electrons. The third-order valence-electron chi connectivity index (χ3n) is 4.02. The van der Waals surface area contributed by atoms with Gasteiger partial charge >= 0.3 is 0 Å². The molecule has 0 atom stereocenters. The first-order chi connectivity index (χ1) is 11.3. The second kappa shape index (κ2) is 7.36. The number of nitrogens with zero attached hydrogens (tertiary/aromatic N) is 2. The number of benzene rings is 1. The molecule has 0 saturated carbocycles. The lowest BCUT2D eigenvalue weighted by atomic mass is 10.2. The lowest BCUT2D eigenvalue weighted by Gasteiger charge is -2.11. The van der Waals surface area contributed by atoms with E-state index in [0.717, 1.165) is 23.7 Å². The molecule has 1 aromatic heterocycles.